The second kappa shape index (κ2) is 4.79. The highest BCUT2D eigenvalue weighted by molar-refractivity contribution is 7.90. The molecular formula is C8H17ClN2O2S. The summed E-state index contributed by atoms with van der Waals surface area (Å²) < 4.78 is 25.9. The molecule has 0 radical (unpaired) electrons. The topological polar surface area (TPSA) is 58.2 Å². The highest BCUT2D eigenvalue weighted by atomic mass is 35.5. The predicted octanol–water partition coefficient (Wildman–Crippen LogP) is 0.0995. The van der Waals surface area contributed by atoms with Gasteiger partial charge in [-0.1, -0.05) is 0 Å². The summed E-state index contributed by atoms with van der Waals surface area (Å²) in [6, 6.07) is 0. The molecule has 1 saturated heterocycles. The van der Waals surface area contributed by atoms with Crippen LogP contribution in [0.4, 0.5) is 0 Å². The summed E-state index contributed by atoms with van der Waals surface area (Å²) in [5.41, 5.74) is 0. The van der Waals surface area contributed by atoms with Gasteiger partial charge < -0.3 is 5.32 Å². The zero-order valence-corrected chi connectivity index (χ0v) is 9.66. The summed E-state index contributed by atoms with van der Waals surface area (Å²) in [6.07, 6.45) is 3.12. The van der Waals surface area contributed by atoms with E-state index in [0.29, 0.717) is 19.0 Å². The fraction of sp³-hybridized carbons (Fsp3) is 1.00. The average molecular weight is 241 g/mol. The lowest BCUT2D eigenvalue weighted by molar-refractivity contribution is 0.564. The van der Waals surface area contributed by atoms with Crippen molar-refractivity contribution in [2.75, 3.05) is 19.6 Å². The molecule has 0 bridgehead atoms. The molecule has 0 aromatic rings. The van der Waals surface area contributed by atoms with Crippen molar-refractivity contribution in [3.63, 3.8) is 0 Å². The van der Waals surface area contributed by atoms with E-state index in [0.717, 1.165) is 13.0 Å². The molecule has 4 nitrogen and oxygen atoms in total. The SMILES string of the molecule is Cl.O=S(=O)(NCC1CC1)C1CCNC1. The van der Waals surface area contributed by atoms with E-state index in [1.54, 1.807) is 0 Å². The molecule has 84 valence electrons. The van der Waals surface area contributed by atoms with Gasteiger partial charge in [0.2, 0.25) is 10.0 Å². The van der Waals surface area contributed by atoms with Gasteiger partial charge in [-0.3, -0.25) is 0 Å². The highest BCUT2D eigenvalue weighted by Gasteiger charge is 2.30. The number of rotatable bonds is 4. The molecule has 14 heavy (non-hydrogen) atoms. The Labute approximate surface area is 91.3 Å². The molecule has 0 amide bonds. The number of hydrogen-bond acceptors (Lipinski definition) is 3. The summed E-state index contributed by atoms with van der Waals surface area (Å²) in [7, 11) is -3.03. The Balaban J connectivity index is 0.000000980. The quantitative estimate of drug-likeness (QED) is 0.733. The molecule has 1 atom stereocenters. The molecule has 1 aliphatic carbocycles. The fourth-order valence-corrected chi connectivity index (χ4v) is 3.04. The zero-order valence-electron chi connectivity index (χ0n) is 8.03. The van der Waals surface area contributed by atoms with Gasteiger partial charge in [0.15, 0.2) is 0 Å². The van der Waals surface area contributed by atoms with Crippen molar-refractivity contribution in [2.45, 2.75) is 24.5 Å². The van der Waals surface area contributed by atoms with E-state index in [2.05, 4.69) is 10.0 Å². The standard InChI is InChI=1S/C8H16N2O2S.ClH/c11-13(12,8-3-4-9-6-8)10-5-7-1-2-7;/h7-10H,1-6H2;1H. The van der Waals surface area contributed by atoms with Gasteiger partial charge in [0, 0.05) is 13.1 Å². The molecule has 2 rings (SSSR count). The third kappa shape index (κ3) is 3.08. The van der Waals surface area contributed by atoms with Crippen molar-refractivity contribution >= 4 is 22.4 Å². The van der Waals surface area contributed by atoms with E-state index >= 15 is 0 Å². The second-order valence-electron chi connectivity index (χ2n) is 3.95. The van der Waals surface area contributed by atoms with Crippen LogP contribution in [0.25, 0.3) is 0 Å². The van der Waals surface area contributed by atoms with Crippen molar-refractivity contribution < 1.29 is 8.42 Å². The minimum atomic E-state index is -3.03. The van der Waals surface area contributed by atoms with Gasteiger partial charge in [0.05, 0.1) is 5.25 Å². The molecule has 1 heterocycles. The lowest BCUT2D eigenvalue weighted by atomic mass is 10.4. The van der Waals surface area contributed by atoms with E-state index in [1.165, 1.54) is 12.8 Å². The predicted molar refractivity (Wildman–Crippen MR) is 58.2 cm³/mol. The number of sulfonamides is 1. The van der Waals surface area contributed by atoms with Crippen LogP contribution < -0.4 is 10.0 Å². The molecule has 2 aliphatic rings. The maximum atomic E-state index is 11.6. The number of halogens is 1. The molecule has 0 aromatic heterocycles. The van der Waals surface area contributed by atoms with Gasteiger partial charge in [0.25, 0.3) is 0 Å². The van der Waals surface area contributed by atoms with Crippen molar-refractivity contribution in [3.8, 4) is 0 Å². The van der Waals surface area contributed by atoms with Gasteiger partial charge >= 0.3 is 0 Å². The van der Waals surface area contributed by atoms with Gasteiger partial charge in [-0.15, -0.1) is 12.4 Å². The lowest BCUT2D eigenvalue weighted by Gasteiger charge is -2.10. The number of hydrogen-bond donors (Lipinski definition) is 2. The Morgan fingerprint density at radius 3 is 2.50 bits per heavy atom. The Bertz CT molecular complexity index is 271. The van der Waals surface area contributed by atoms with Gasteiger partial charge in [0.1, 0.15) is 0 Å². The third-order valence-electron chi connectivity index (χ3n) is 2.72. The molecule has 2 fully saturated rings. The zero-order chi connectivity index (χ0) is 9.31. The van der Waals surface area contributed by atoms with Crippen LogP contribution in [-0.2, 0) is 10.0 Å². The van der Waals surface area contributed by atoms with Crippen molar-refractivity contribution in [1.29, 1.82) is 0 Å². The maximum absolute atomic E-state index is 11.6. The van der Waals surface area contributed by atoms with Crippen LogP contribution in [0.2, 0.25) is 0 Å². The summed E-state index contributed by atoms with van der Waals surface area (Å²) in [5, 5.41) is 2.86. The molecule has 0 spiro atoms. The van der Waals surface area contributed by atoms with Crippen molar-refractivity contribution in [1.82, 2.24) is 10.0 Å². The van der Waals surface area contributed by atoms with Gasteiger partial charge in [-0.2, -0.15) is 0 Å². The number of nitrogens with one attached hydrogen (secondary N) is 2. The van der Waals surface area contributed by atoms with Crippen LogP contribution in [0.1, 0.15) is 19.3 Å². The van der Waals surface area contributed by atoms with Crippen molar-refractivity contribution in [3.05, 3.63) is 0 Å². The largest absolute Gasteiger partial charge is 0.315 e. The first-order chi connectivity index (χ1) is 6.18. The summed E-state index contributed by atoms with van der Waals surface area (Å²) in [6.45, 7) is 2.09. The summed E-state index contributed by atoms with van der Waals surface area (Å²) in [5.74, 6) is 0.615. The molecule has 1 saturated carbocycles. The Morgan fingerprint density at radius 2 is 2.00 bits per heavy atom. The molecule has 1 unspecified atom stereocenters. The molecular weight excluding hydrogens is 224 g/mol. The molecule has 1 aliphatic heterocycles. The first-order valence-corrected chi connectivity index (χ1v) is 6.42. The van der Waals surface area contributed by atoms with Crippen LogP contribution in [0.3, 0.4) is 0 Å². The minimum Gasteiger partial charge on any atom is -0.315 e. The van der Waals surface area contributed by atoms with E-state index < -0.39 is 10.0 Å². The molecule has 2 N–H and O–H groups in total. The fourth-order valence-electron chi connectivity index (χ4n) is 1.57. The Kier molecular flexibility index (Phi) is 4.18. The Hall–Kier alpha value is 0.160. The van der Waals surface area contributed by atoms with Crippen LogP contribution in [0.15, 0.2) is 0 Å². The van der Waals surface area contributed by atoms with Gasteiger partial charge in [-0.25, -0.2) is 13.1 Å². The third-order valence-corrected chi connectivity index (χ3v) is 4.57. The molecule has 0 aromatic carbocycles. The maximum Gasteiger partial charge on any atom is 0.215 e. The van der Waals surface area contributed by atoms with Crippen LogP contribution >= 0.6 is 12.4 Å². The first kappa shape index (κ1) is 12.2. The second-order valence-corrected chi connectivity index (χ2v) is 6.00. The first-order valence-electron chi connectivity index (χ1n) is 4.88. The minimum absolute atomic E-state index is 0. The van der Waals surface area contributed by atoms with E-state index in [1.807, 2.05) is 0 Å². The normalized spacial score (nSPS) is 27.3. The van der Waals surface area contributed by atoms with Crippen LogP contribution in [0, 0.1) is 5.92 Å². The van der Waals surface area contributed by atoms with Gasteiger partial charge in [-0.05, 0) is 31.7 Å². The monoisotopic (exact) mass is 240 g/mol. The smallest absolute Gasteiger partial charge is 0.215 e. The van der Waals surface area contributed by atoms with E-state index in [-0.39, 0.29) is 17.7 Å². The van der Waals surface area contributed by atoms with E-state index in [9.17, 15) is 8.42 Å². The highest BCUT2D eigenvalue weighted by Crippen LogP contribution is 2.28. The lowest BCUT2D eigenvalue weighted by Crippen LogP contribution is -2.36. The van der Waals surface area contributed by atoms with Crippen molar-refractivity contribution in [2.24, 2.45) is 5.92 Å². The molecule has 6 heteroatoms. The summed E-state index contributed by atoms with van der Waals surface area (Å²) in [4.78, 5) is 0. The summed E-state index contributed by atoms with van der Waals surface area (Å²) >= 11 is 0. The Morgan fingerprint density at radius 1 is 1.29 bits per heavy atom. The average Bonchev–Trinajstić information content (AvgIpc) is 2.74. The van der Waals surface area contributed by atoms with E-state index in [4.69, 9.17) is 0 Å². The van der Waals surface area contributed by atoms with Crippen LogP contribution in [-0.4, -0.2) is 33.3 Å². The van der Waals surface area contributed by atoms with Crippen LogP contribution in [0.5, 0.6) is 0 Å².